The first-order valence-corrected chi connectivity index (χ1v) is 33.9. The average molecular weight is 1460 g/mol. The van der Waals surface area contributed by atoms with Gasteiger partial charge in [-0.05, 0) is 121 Å². The van der Waals surface area contributed by atoms with E-state index in [1.165, 1.54) is 58.5 Å². The Balaban J connectivity index is 1.22. The van der Waals surface area contributed by atoms with Crippen molar-refractivity contribution in [1.29, 1.82) is 0 Å². The van der Waals surface area contributed by atoms with Gasteiger partial charge in [-0.3, -0.25) is 34.3 Å². The predicted molar refractivity (Wildman–Crippen MR) is 361 cm³/mol. The summed E-state index contributed by atoms with van der Waals surface area (Å²) in [6.07, 6.45) is 3.99. The number of ether oxygens (including phenoxy) is 6. The van der Waals surface area contributed by atoms with Crippen LogP contribution in [0.2, 0.25) is 5.02 Å². The van der Waals surface area contributed by atoms with Crippen molar-refractivity contribution in [1.82, 2.24) is 31.2 Å². The highest BCUT2D eigenvalue weighted by molar-refractivity contribution is 9.09. The van der Waals surface area contributed by atoms with Crippen molar-refractivity contribution < 1.29 is 76.7 Å². The molecule has 28 heteroatoms. The third-order valence-corrected chi connectivity index (χ3v) is 19.7. The fraction of sp³-hybridized carbons (Fsp3) is 0.576. The molecular weight excluding hydrogens is 1370 g/mol. The quantitative estimate of drug-likeness (QED) is 0.00959. The number of carbonyl (C=O) groups is 9. The van der Waals surface area contributed by atoms with Crippen LogP contribution >= 0.6 is 43.5 Å². The lowest BCUT2D eigenvalue weighted by molar-refractivity contribution is -0.161. The third-order valence-electron chi connectivity index (χ3n) is 17.8. The van der Waals surface area contributed by atoms with Crippen LogP contribution in [0.3, 0.4) is 0 Å². The van der Waals surface area contributed by atoms with E-state index in [9.17, 15) is 48.3 Å². The number of aromatic nitrogens is 1. The summed E-state index contributed by atoms with van der Waals surface area (Å²) in [5, 5.41) is 27.4. The summed E-state index contributed by atoms with van der Waals surface area (Å²) >= 11 is 13.6. The van der Waals surface area contributed by atoms with Crippen LogP contribution in [0.5, 0.6) is 5.75 Å². The van der Waals surface area contributed by atoms with Gasteiger partial charge in [0.25, 0.3) is 5.91 Å². The van der Waals surface area contributed by atoms with Gasteiger partial charge in [-0.15, -0.1) is 0 Å². The first-order chi connectivity index (χ1) is 44.3. The number of rotatable bonds is 27. The van der Waals surface area contributed by atoms with Gasteiger partial charge in [0.1, 0.15) is 58.2 Å². The molecular formula is C66H90Br2ClN9O16. The zero-order valence-corrected chi connectivity index (χ0v) is 59.3. The lowest BCUT2D eigenvalue weighted by Gasteiger charge is -2.42. The molecule has 4 bridgehead atoms. The number of alkyl carbamates (subject to hydrolysis) is 1. The zero-order chi connectivity index (χ0) is 69.6. The first kappa shape index (κ1) is 76.3. The fourth-order valence-corrected chi connectivity index (χ4v) is 13.4. The molecule has 0 saturated carbocycles. The number of hydrogen-bond acceptors (Lipinski definition) is 18. The minimum absolute atomic E-state index is 0.0466. The second-order valence-electron chi connectivity index (χ2n) is 25.5. The number of epoxide rings is 1. The molecule has 1 aromatic heterocycles. The Morgan fingerprint density at radius 2 is 1.77 bits per heavy atom. The van der Waals surface area contributed by atoms with Crippen LogP contribution in [-0.2, 0) is 58.9 Å². The molecule has 3 aliphatic rings. The number of esters is 2. The predicted octanol–water partition coefficient (Wildman–Crippen LogP) is 7.72. The number of urea groups is 1. The Morgan fingerprint density at radius 3 is 2.41 bits per heavy atom. The van der Waals surface area contributed by atoms with E-state index in [0.717, 1.165) is 16.0 Å². The SMILES string of the molecule is COc1cc2cc(c1Cl)N(C)C(=O)C[C@H](OC(=O)[C@H](C)N(C)C(=O)c1ccc(NC(=O)[C@H](CCCNC(N)=O)NC[C@](C=O)(NC(=O)CCCCC(C)(C)OC(=O)C(CBr)CBr)C(C)C)c3cccnc13)[C@]1(C)O[C@H]1[C@H](C)[C@@H]1C[C@@](O)(NC(=O)O1)[C@H](OC)/C=C/C=C(\C)C2. The largest absolute Gasteiger partial charge is 0.495 e. The van der Waals surface area contributed by atoms with Crippen LogP contribution in [0.25, 0.3) is 10.9 Å². The van der Waals surface area contributed by atoms with Gasteiger partial charge in [-0.1, -0.05) is 88.0 Å². The number of nitrogens with zero attached hydrogens (tertiary/aromatic N) is 3. The van der Waals surface area contributed by atoms with E-state index in [0.29, 0.717) is 59.5 Å². The number of likely N-dealkylation sites (N-methyl/N-ethyl adjacent to an activating group) is 1. The molecule has 0 radical (unpaired) electrons. The van der Waals surface area contributed by atoms with Gasteiger partial charge in [0.2, 0.25) is 17.7 Å². The number of fused-ring (bicyclic) bond motifs is 6. The summed E-state index contributed by atoms with van der Waals surface area (Å²) in [6, 6.07) is 6.64. The van der Waals surface area contributed by atoms with Crippen molar-refractivity contribution in [2.45, 2.75) is 172 Å². The number of carbonyl (C=O) groups excluding carboxylic acids is 9. The van der Waals surface area contributed by atoms with Crippen LogP contribution in [0.4, 0.5) is 21.0 Å². The van der Waals surface area contributed by atoms with Gasteiger partial charge in [-0.25, -0.2) is 14.4 Å². The summed E-state index contributed by atoms with van der Waals surface area (Å²) in [6.45, 7) is 13.9. The van der Waals surface area contributed by atoms with Crippen LogP contribution in [-0.4, -0.2) is 180 Å². The summed E-state index contributed by atoms with van der Waals surface area (Å²) in [4.78, 5) is 130. The Morgan fingerprint density at radius 1 is 1.05 bits per heavy atom. The number of anilines is 2. The van der Waals surface area contributed by atoms with E-state index >= 15 is 0 Å². The Bertz CT molecular complexity index is 3330. The number of pyridine rings is 1. The lowest BCUT2D eigenvalue weighted by Crippen LogP contribution is -2.63. The fourth-order valence-electron chi connectivity index (χ4n) is 11.5. The molecule has 2 saturated heterocycles. The molecule has 7 amide bonds. The Hall–Kier alpha value is -6.75. The number of nitrogens with one attached hydrogen (secondary N) is 5. The molecule has 516 valence electrons. The summed E-state index contributed by atoms with van der Waals surface area (Å²) in [7, 11) is 5.78. The third kappa shape index (κ3) is 19.0. The van der Waals surface area contributed by atoms with Crippen molar-refractivity contribution >= 4 is 120 Å². The number of unbranched alkanes of at least 4 members (excludes halogenated alkanes) is 1. The summed E-state index contributed by atoms with van der Waals surface area (Å²) < 4.78 is 35.5. The molecule has 0 spiro atoms. The maximum Gasteiger partial charge on any atom is 0.409 e. The highest BCUT2D eigenvalue weighted by atomic mass is 79.9. The van der Waals surface area contributed by atoms with Crippen molar-refractivity contribution in [3.63, 3.8) is 0 Å². The highest BCUT2D eigenvalue weighted by Crippen LogP contribution is 2.49. The Kier molecular flexibility index (Phi) is 27.0. The van der Waals surface area contributed by atoms with E-state index in [1.807, 2.05) is 26.8 Å². The molecule has 0 aliphatic carbocycles. The normalized spacial score (nSPS) is 23.8. The molecule has 2 aromatic carbocycles. The number of primary amides is 1. The monoisotopic (exact) mass is 1460 g/mol. The maximum absolute atomic E-state index is 14.7. The molecule has 0 unspecified atom stereocenters. The van der Waals surface area contributed by atoms with E-state index in [1.54, 1.807) is 64.1 Å². The highest BCUT2D eigenvalue weighted by Gasteiger charge is 2.64. The minimum Gasteiger partial charge on any atom is -0.495 e. The summed E-state index contributed by atoms with van der Waals surface area (Å²) in [5.74, 6) is -4.56. The van der Waals surface area contributed by atoms with E-state index in [-0.39, 0.29) is 72.5 Å². The standard InChI is InChI=1S/C66H90Br2ClN9O16/c1-37(2)65(36-79,75-52(80)22-13-14-25-63(6,7)94-60(85)42(33-67)34-68)35-73-46(20-17-27-72-61(70)86)57(82)74-45-24-23-44(55-43(45)19-16-26-71-55)58(83)77(9)40(5)59(84)92-51-31-53(81)78(10)47-29-41(30-48(89-11)54(47)69)28-38(3)18-15-21-50(90-12)66(88)32-49(91-62(87)76-66)39(4)56-64(51,8)93-56/h15-16,18-19,21,23-24,26,29-30,36-37,39-40,42,46,49-51,56,73,88H,13-14,17,20,22,25,27-28,31-35H2,1-12H3,(H,74,82)(H,75,80)(H,76,87)(H3,70,72,86)/b21-15+,38-18+/t39-,40+,46+,49+,50-,51+,56+,64+,65-,66+/m1/s1. The van der Waals surface area contributed by atoms with E-state index in [4.69, 9.17) is 45.8 Å². The zero-order valence-electron chi connectivity index (χ0n) is 55.4. The lowest BCUT2D eigenvalue weighted by atomic mass is 9.83. The maximum atomic E-state index is 14.7. The minimum atomic E-state index is -1.93. The molecule has 10 atom stereocenters. The molecule has 2 fully saturated rings. The number of methoxy groups -OCH3 is 2. The van der Waals surface area contributed by atoms with Crippen molar-refractivity contribution in [3.05, 3.63) is 82.5 Å². The van der Waals surface area contributed by atoms with Gasteiger partial charge < -0.3 is 75.1 Å². The number of aliphatic hydroxyl groups is 1. The van der Waals surface area contributed by atoms with Crippen LogP contribution in [0.1, 0.15) is 123 Å². The number of benzene rings is 2. The van der Waals surface area contributed by atoms with Crippen LogP contribution < -0.4 is 42.0 Å². The molecule has 8 N–H and O–H groups in total. The second kappa shape index (κ2) is 33.3. The topological polar surface area (TPSA) is 338 Å². The smallest absolute Gasteiger partial charge is 0.409 e. The average Bonchev–Trinajstić information content (AvgIpc) is 1.57. The molecule has 94 heavy (non-hydrogen) atoms. The molecule has 3 aromatic rings. The number of allylic oxidation sites excluding steroid dienone is 3. The van der Waals surface area contributed by atoms with Crippen LogP contribution in [0, 0.1) is 17.8 Å². The molecule has 25 nitrogen and oxygen atoms in total. The molecule has 4 heterocycles. The van der Waals surface area contributed by atoms with Crippen molar-refractivity contribution in [2.24, 2.45) is 23.5 Å². The van der Waals surface area contributed by atoms with Gasteiger partial charge in [0, 0.05) is 75.3 Å². The molecule has 3 aliphatic heterocycles. The van der Waals surface area contributed by atoms with E-state index in [2.05, 4.69) is 63.4 Å². The number of hydrogen-bond donors (Lipinski definition) is 7. The number of aldehydes is 1. The van der Waals surface area contributed by atoms with Crippen molar-refractivity contribution in [2.75, 3.05) is 62.3 Å². The van der Waals surface area contributed by atoms with Crippen molar-refractivity contribution in [3.8, 4) is 5.75 Å². The summed E-state index contributed by atoms with van der Waals surface area (Å²) in [5.41, 5.74) is 2.16. The Labute approximate surface area is 570 Å². The first-order valence-electron chi connectivity index (χ1n) is 31.3. The second-order valence-corrected chi connectivity index (χ2v) is 27.2. The number of amides is 7. The van der Waals surface area contributed by atoms with Gasteiger partial charge in [-0.2, -0.15) is 0 Å². The van der Waals surface area contributed by atoms with Gasteiger partial charge in [0.15, 0.2) is 5.72 Å². The molecule has 6 rings (SSSR count). The van der Waals surface area contributed by atoms with Crippen LogP contribution in [0.15, 0.2) is 66.4 Å². The number of halogens is 3. The van der Waals surface area contributed by atoms with E-state index < -0.39 is 119 Å². The number of alkyl halides is 2. The van der Waals surface area contributed by atoms with Gasteiger partial charge >= 0.3 is 24.1 Å². The number of nitrogens with two attached hydrogens (primary N) is 1. The van der Waals surface area contributed by atoms with Gasteiger partial charge in [0.05, 0.1) is 54.0 Å².